The van der Waals surface area contributed by atoms with Gasteiger partial charge in [-0.05, 0) is 38.5 Å². The van der Waals surface area contributed by atoms with Crippen LogP contribution in [0.15, 0.2) is 0 Å². The molecule has 224 valence electrons. The van der Waals surface area contributed by atoms with Gasteiger partial charge in [-0.1, -0.05) is 57.8 Å². The number of aliphatic carboxylic acids is 3. The fraction of sp³-hybridized carbons (Fsp3) is 0.846. The van der Waals surface area contributed by atoms with E-state index in [4.69, 9.17) is 45.6 Å². The van der Waals surface area contributed by atoms with Crippen molar-refractivity contribution in [2.45, 2.75) is 109 Å². The third-order valence-electron chi connectivity index (χ3n) is 6.68. The molecule has 38 heavy (non-hydrogen) atoms. The van der Waals surface area contributed by atoms with Crippen LogP contribution >= 0.6 is 0 Å². The Kier molecular flexibility index (Phi) is 24.9. The highest BCUT2D eigenvalue weighted by molar-refractivity contribution is 5.70. The Balaban J connectivity index is 0. The molecule has 3 aliphatic carbocycles. The minimum atomic E-state index is -1.22. The van der Waals surface area contributed by atoms with Crippen molar-refractivity contribution in [3.05, 3.63) is 0 Å². The number of aliphatic hydroxyl groups is 4. The van der Waals surface area contributed by atoms with E-state index < -0.39 is 43.3 Å². The second kappa shape index (κ2) is 25.0. The van der Waals surface area contributed by atoms with Crippen LogP contribution in [-0.4, -0.2) is 90.7 Å². The molecule has 0 aromatic rings. The zero-order valence-corrected chi connectivity index (χ0v) is 22.2. The number of carboxylic acids is 3. The Labute approximate surface area is 224 Å². The minimum Gasteiger partial charge on any atom is -0.483 e. The lowest BCUT2D eigenvalue weighted by Gasteiger charge is -2.16. The van der Waals surface area contributed by atoms with Crippen molar-refractivity contribution in [2.75, 3.05) is 13.2 Å². The molecule has 0 bridgehead atoms. The Morgan fingerprint density at radius 3 is 0.842 bits per heavy atom. The number of hydrogen-bond acceptors (Lipinski definition) is 8. The topological polar surface area (TPSA) is 230 Å². The maximum absolute atomic E-state index is 10.4. The molecular formula is C26H48O12. The molecule has 0 saturated heterocycles. The summed E-state index contributed by atoms with van der Waals surface area (Å²) < 4.78 is 0. The van der Waals surface area contributed by atoms with Gasteiger partial charge in [0, 0.05) is 0 Å². The first-order chi connectivity index (χ1) is 18.0. The highest BCUT2D eigenvalue weighted by Crippen LogP contribution is 2.24. The lowest BCUT2D eigenvalue weighted by Crippen LogP contribution is -2.31. The lowest BCUT2D eigenvalue weighted by atomic mass is 9.90. The maximum atomic E-state index is 10.4. The predicted molar refractivity (Wildman–Crippen MR) is 138 cm³/mol. The van der Waals surface area contributed by atoms with E-state index in [0.29, 0.717) is 0 Å². The van der Waals surface area contributed by atoms with Crippen molar-refractivity contribution in [3.63, 3.8) is 0 Å². The average Bonchev–Trinajstić information content (AvgIpc) is 2.95. The Morgan fingerprint density at radius 1 is 0.553 bits per heavy atom. The Morgan fingerprint density at radius 2 is 0.737 bits per heavy atom. The highest BCUT2D eigenvalue weighted by atomic mass is 16.4. The zero-order chi connectivity index (χ0) is 29.3. The molecule has 2 unspecified atom stereocenters. The van der Waals surface area contributed by atoms with E-state index in [-0.39, 0.29) is 24.2 Å². The number of aliphatic hydroxyl groups excluding tert-OH is 4. The van der Waals surface area contributed by atoms with Gasteiger partial charge in [0.1, 0.15) is 12.2 Å². The van der Waals surface area contributed by atoms with Crippen molar-refractivity contribution in [2.24, 2.45) is 17.8 Å². The van der Waals surface area contributed by atoms with E-state index in [0.717, 1.165) is 77.0 Å². The normalized spacial score (nSPS) is 19.6. The summed E-state index contributed by atoms with van der Waals surface area (Å²) in [5.41, 5.74) is 0. The fourth-order valence-electron chi connectivity index (χ4n) is 4.29. The number of carbonyl (C=O) groups is 4. The molecule has 3 aliphatic rings. The van der Waals surface area contributed by atoms with Crippen LogP contribution in [0.5, 0.6) is 0 Å². The first-order valence-corrected chi connectivity index (χ1v) is 13.4. The molecule has 12 heteroatoms. The van der Waals surface area contributed by atoms with Crippen molar-refractivity contribution in [3.8, 4) is 0 Å². The van der Waals surface area contributed by atoms with Crippen LogP contribution in [0.4, 0.5) is 0 Å². The summed E-state index contributed by atoms with van der Waals surface area (Å²) in [5.74, 6) is -1.89. The van der Waals surface area contributed by atoms with Crippen molar-refractivity contribution in [1.29, 1.82) is 0 Å². The van der Waals surface area contributed by atoms with Gasteiger partial charge in [0.15, 0.2) is 0 Å². The molecule has 8 N–H and O–H groups in total. The fourth-order valence-corrected chi connectivity index (χ4v) is 4.29. The van der Waals surface area contributed by atoms with Gasteiger partial charge in [0.2, 0.25) is 0 Å². The SMILES string of the molecule is O=C(O)C1CCCCC1.O=C(O)C1CCCCC1.O=C(O)C1CCCCC1.O=CO.OCC(O)C(O)CO. The lowest BCUT2D eigenvalue weighted by molar-refractivity contribution is -0.143. The van der Waals surface area contributed by atoms with E-state index in [1.165, 1.54) is 19.3 Å². The molecule has 0 amide bonds. The third-order valence-corrected chi connectivity index (χ3v) is 6.68. The van der Waals surface area contributed by atoms with Crippen LogP contribution in [0.3, 0.4) is 0 Å². The van der Waals surface area contributed by atoms with Gasteiger partial charge in [-0.2, -0.15) is 0 Å². The van der Waals surface area contributed by atoms with Crippen molar-refractivity contribution >= 4 is 24.4 Å². The van der Waals surface area contributed by atoms with E-state index in [2.05, 4.69) is 0 Å². The summed E-state index contributed by atoms with van der Waals surface area (Å²) in [6.45, 7) is -1.30. The van der Waals surface area contributed by atoms with E-state index >= 15 is 0 Å². The second-order valence-corrected chi connectivity index (χ2v) is 9.62. The molecular weight excluding hydrogens is 504 g/mol. The van der Waals surface area contributed by atoms with Crippen LogP contribution in [0.1, 0.15) is 96.3 Å². The number of carboxylic acid groups (broad SMARTS) is 4. The van der Waals surface area contributed by atoms with Crippen LogP contribution < -0.4 is 0 Å². The first kappa shape index (κ1) is 37.9. The summed E-state index contributed by atoms with van der Waals surface area (Å²) in [4.78, 5) is 39.4. The molecule has 0 aromatic carbocycles. The maximum Gasteiger partial charge on any atom is 0.306 e. The molecule has 0 heterocycles. The molecule has 2 atom stereocenters. The van der Waals surface area contributed by atoms with Crippen LogP contribution in [0, 0.1) is 17.8 Å². The van der Waals surface area contributed by atoms with Gasteiger partial charge in [0.25, 0.3) is 6.47 Å². The van der Waals surface area contributed by atoms with Crippen LogP contribution in [0.25, 0.3) is 0 Å². The summed E-state index contributed by atoms with van der Waals surface area (Å²) >= 11 is 0. The first-order valence-electron chi connectivity index (χ1n) is 13.4. The summed E-state index contributed by atoms with van der Waals surface area (Å²) in [5, 5.41) is 65.7. The number of hydrogen-bond donors (Lipinski definition) is 8. The molecule has 3 saturated carbocycles. The third kappa shape index (κ3) is 20.7. The largest absolute Gasteiger partial charge is 0.483 e. The molecule has 0 aromatic heterocycles. The van der Waals surface area contributed by atoms with E-state index in [1.54, 1.807) is 0 Å². The second-order valence-electron chi connectivity index (χ2n) is 9.62. The Hall–Kier alpha value is -2.28. The summed E-state index contributed by atoms with van der Waals surface area (Å²) in [7, 11) is 0. The van der Waals surface area contributed by atoms with E-state index in [1.807, 2.05) is 0 Å². The van der Waals surface area contributed by atoms with Crippen molar-refractivity contribution < 1.29 is 60.0 Å². The van der Waals surface area contributed by atoms with Crippen LogP contribution in [0.2, 0.25) is 0 Å². The standard InChI is InChI=1S/3C7H12O2.C4H10O4.CH2O2/c3*8-7(9)6-4-2-1-3-5-6;5-1-3(7)4(8)2-6;2-1-3/h3*6H,1-5H2,(H,8,9);3-8H,1-2H2;1H,(H,2,3). The monoisotopic (exact) mass is 552 g/mol. The quantitative estimate of drug-likeness (QED) is 0.222. The van der Waals surface area contributed by atoms with Gasteiger partial charge in [-0.15, -0.1) is 0 Å². The van der Waals surface area contributed by atoms with Gasteiger partial charge in [-0.25, -0.2) is 0 Å². The van der Waals surface area contributed by atoms with Crippen molar-refractivity contribution in [1.82, 2.24) is 0 Å². The average molecular weight is 553 g/mol. The Bertz CT molecular complexity index is 535. The van der Waals surface area contributed by atoms with Gasteiger partial charge < -0.3 is 40.9 Å². The highest BCUT2D eigenvalue weighted by Gasteiger charge is 2.20. The summed E-state index contributed by atoms with van der Waals surface area (Å²) in [6, 6.07) is 0. The molecule has 0 spiro atoms. The van der Waals surface area contributed by atoms with Gasteiger partial charge >= 0.3 is 17.9 Å². The molecule has 3 fully saturated rings. The van der Waals surface area contributed by atoms with Gasteiger partial charge in [0.05, 0.1) is 31.0 Å². The summed E-state index contributed by atoms with van der Waals surface area (Å²) in [6.07, 6.45) is 13.3. The number of rotatable bonds is 6. The smallest absolute Gasteiger partial charge is 0.306 e. The van der Waals surface area contributed by atoms with Crippen LogP contribution in [-0.2, 0) is 19.2 Å². The van der Waals surface area contributed by atoms with E-state index in [9.17, 15) is 14.4 Å². The molecule has 3 rings (SSSR count). The zero-order valence-electron chi connectivity index (χ0n) is 22.2. The minimum absolute atomic E-state index is 0.0289. The molecule has 0 radical (unpaired) electrons. The predicted octanol–water partition coefficient (Wildman–Crippen LogP) is 2.35. The molecule has 12 nitrogen and oxygen atoms in total. The van der Waals surface area contributed by atoms with Gasteiger partial charge in [-0.3, -0.25) is 19.2 Å². The molecule has 0 aliphatic heterocycles.